The minimum absolute atomic E-state index is 0.265. The molecule has 2 atom stereocenters. The number of nitrogens with zero attached hydrogens (tertiary/aromatic N) is 1. The number of pyridine rings is 1. The second kappa shape index (κ2) is 6.48. The lowest BCUT2D eigenvalue weighted by Crippen LogP contribution is -2.26. The minimum atomic E-state index is -0.283. The number of nitrogens with one attached hydrogen (secondary N) is 1. The van der Waals surface area contributed by atoms with Crippen molar-refractivity contribution < 1.29 is 9.13 Å². The molecule has 25 heavy (non-hydrogen) atoms. The second-order valence-electron chi connectivity index (χ2n) is 6.81. The van der Waals surface area contributed by atoms with Gasteiger partial charge in [0.15, 0.2) is 0 Å². The molecule has 3 N–H and O–H groups in total. The highest BCUT2D eigenvalue weighted by Gasteiger charge is 2.23. The summed E-state index contributed by atoms with van der Waals surface area (Å²) in [5.41, 5.74) is 9.79. The molecule has 1 fully saturated rings. The van der Waals surface area contributed by atoms with Crippen LogP contribution in [0.25, 0.3) is 22.2 Å². The van der Waals surface area contributed by atoms with Crippen molar-refractivity contribution in [2.24, 2.45) is 5.73 Å². The number of H-pyrrole nitrogens is 1. The predicted molar refractivity (Wildman–Crippen MR) is 97.2 cm³/mol. The molecule has 0 aliphatic heterocycles. The van der Waals surface area contributed by atoms with Gasteiger partial charge in [-0.15, -0.1) is 0 Å². The van der Waals surface area contributed by atoms with Crippen LogP contribution in [0.15, 0.2) is 36.5 Å². The monoisotopic (exact) mass is 339 g/mol. The Balaban J connectivity index is 1.82. The number of halogens is 1. The number of ether oxygens (including phenoxy) is 1. The van der Waals surface area contributed by atoms with Crippen molar-refractivity contribution in [1.82, 2.24) is 9.97 Å². The molecule has 0 saturated heterocycles. The summed E-state index contributed by atoms with van der Waals surface area (Å²) in [6.07, 6.45) is 6.12. The first kappa shape index (κ1) is 16.1. The lowest BCUT2D eigenvalue weighted by molar-refractivity contribution is 0.389. The molecule has 5 heteroatoms. The van der Waals surface area contributed by atoms with E-state index in [1.54, 1.807) is 19.4 Å². The number of nitrogens with two attached hydrogens (primary N) is 1. The Kier molecular flexibility index (Phi) is 4.17. The molecule has 0 bridgehead atoms. The lowest BCUT2D eigenvalue weighted by Gasteiger charge is -2.25. The number of hydrogen-bond donors (Lipinski definition) is 2. The Morgan fingerprint density at radius 2 is 2.08 bits per heavy atom. The normalized spacial score (nSPS) is 20.8. The van der Waals surface area contributed by atoms with Crippen molar-refractivity contribution in [2.75, 3.05) is 7.11 Å². The van der Waals surface area contributed by atoms with Crippen LogP contribution in [0, 0.1) is 5.82 Å². The zero-order valence-corrected chi connectivity index (χ0v) is 14.3. The third-order valence-electron chi connectivity index (χ3n) is 5.16. The summed E-state index contributed by atoms with van der Waals surface area (Å²) in [7, 11) is 1.60. The first-order valence-electron chi connectivity index (χ1n) is 8.73. The van der Waals surface area contributed by atoms with E-state index in [0.717, 1.165) is 47.8 Å². The second-order valence-corrected chi connectivity index (χ2v) is 6.81. The van der Waals surface area contributed by atoms with Gasteiger partial charge in [-0.05, 0) is 55.2 Å². The fourth-order valence-electron chi connectivity index (χ4n) is 3.90. The Hall–Kier alpha value is -2.40. The molecule has 2 heterocycles. The summed E-state index contributed by atoms with van der Waals surface area (Å²) in [5, 5.41) is 0.987. The highest BCUT2D eigenvalue weighted by molar-refractivity contribution is 5.95. The number of hydrogen-bond acceptors (Lipinski definition) is 3. The number of aromatic amines is 1. The van der Waals surface area contributed by atoms with E-state index < -0.39 is 0 Å². The van der Waals surface area contributed by atoms with E-state index in [2.05, 4.69) is 16.0 Å². The third kappa shape index (κ3) is 3.00. The average Bonchev–Trinajstić information content (AvgIpc) is 3.06. The summed E-state index contributed by atoms with van der Waals surface area (Å²) in [6.45, 7) is 0. The molecule has 1 aromatic carbocycles. The molecule has 1 aliphatic carbocycles. The minimum Gasteiger partial charge on any atom is -0.496 e. The van der Waals surface area contributed by atoms with Crippen molar-refractivity contribution >= 4 is 11.0 Å². The first-order chi connectivity index (χ1) is 12.2. The smallest absolute Gasteiger partial charge is 0.138 e. The van der Waals surface area contributed by atoms with Crippen LogP contribution >= 0.6 is 0 Å². The van der Waals surface area contributed by atoms with Crippen molar-refractivity contribution in [1.29, 1.82) is 0 Å². The number of methoxy groups -OCH3 is 1. The van der Waals surface area contributed by atoms with Gasteiger partial charge in [-0.3, -0.25) is 0 Å². The molecule has 0 spiro atoms. The maximum Gasteiger partial charge on any atom is 0.138 e. The van der Waals surface area contributed by atoms with Crippen LogP contribution in [0.1, 0.15) is 37.3 Å². The van der Waals surface area contributed by atoms with Gasteiger partial charge < -0.3 is 15.5 Å². The van der Waals surface area contributed by atoms with Gasteiger partial charge in [0.2, 0.25) is 0 Å². The van der Waals surface area contributed by atoms with Crippen molar-refractivity contribution in [3.8, 4) is 16.9 Å². The highest BCUT2D eigenvalue weighted by atomic mass is 19.1. The largest absolute Gasteiger partial charge is 0.496 e. The predicted octanol–water partition coefficient (Wildman–Crippen LogP) is 4.36. The van der Waals surface area contributed by atoms with E-state index in [1.165, 1.54) is 17.8 Å². The summed E-state index contributed by atoms with van der Waals surface area (Å²) in [4.78, 5) is 7.91. The quantitative estimate of drug-likeness (QED) is 0.745. The Morgan fingerprint density at radius 3 is 2.88 bits per heavy atom. The van der Waals surface area contributed by atoms with Crippen LogP contribution in [0.2, 0.25) is 0 Å². The van der Waals surface area contributed by atoms with Gasteiger partial charge in [-0.2, -0.15) is 0 Å². The molecule has 1 aliphatic rings. The summed E-state index contributed by atoms with van der Waals surface area (Å²) in [5.74, 6) is 0.798. The van der Waals surface area contributed by atoms with Gasteiger partial charge in [0.05, 0.1) is 7.11 Å². The standard InChI is InChI=1S/C20H22FN3O/c1-25-19-6-5-13(21)10-16(19)15-7-8-23-20-17(15)11-18(24-20)12-3-2-4-14(22)9-12/h5-8,10-12,14H,2-4,9,22H2,1H3,(H,23,24)/t12-,14-/m1/s1. The molecule has 0 unspecified atom stereocenters. The molecule has 0 amide bonds. The Morgan fingerprint density at radius 1 is 1.20 bits per heavy atom. The van der Waals surface area contributed by atoms with Gasteiger partial charge in [-0.25, -0.2) is 9.37 Å². The van der Waals surface area contributed by atoms with Crippen LogP contribution in [0.3, 0.4) is 0 Å². The van der Waals surface area contributed by atoms with E-state index in [-0.39, 0.29) is 11.9 Å². The molecular weight excluding hydrogens is 317 g/mol. The fourth-order valence-corrected chi connectivity index (χ4v) is 3.90. The average molecular weight is 339 g/mol. The van der Waals surface area contributed by atoms with Crippen molar-refractivity contribution in [3.63, 3.8) is 0 Å². The molecule has 4 nitrogen and oxygen atoms in total. The Labute approximate surface area is 146 Å². The van der Waals surface area contributed by atoms with Gasteiger partial charge >= 0.3 is 0 Å². The summed E-state index contributed by atoms with van der Waals surface area (Å²) >= 11 is 0. The van der Waals surface area contributed by atoms with Crippen LogP contribution < -0.4 is 10.5 Å². The number of benzene rings is 1. The van der Waals surface area contributed by atoms with Gasteiger partial charge in [0, 0.05) is 34.8 Å². The molecule has 0 radical (unpaired) electrons. The van der Waals surface area contributed by atoms with Crippen LogP contribution in [-0.4, -0.2) is 23.1 Å². The van der Waals surface area contributed by atoms with Crippen LogP contribution in [0.5, 0.6) is 5.75 Å². The number of fused-ring (bicyclic) bond motifs is 1. The van der Waals surface area contributed by atoms with Gasteiger partial charge in [0.25, 0.3) is 0 Å². The lowest BCUT2D eigenvalue weighted by atomic mass is 9.84. The van der Waals surface area contributed by atoms with Gasteiger partial charge in [0.1, 0.15) is 17.2 Å². The topological polar surface area (TPSA) is 63.9 Å². The molecule has 4 rings (SSSR count). The number of aromatic nitrogens is 2. The number of rotatable bonds is 3. The molecule has 1 saturated carbocycles. The SMILES string of the molecule is COc1ccc(F)cc1-c1ccnc2[nH]c([C@@H]3CCC[C@@H](N)C3)cc12. The van der Waals surface area contributed by atoms with E-state index in [4.69, 9.17) is 10.5 Å². The highest BCUT2D eigenvalue weighted by Crippen LogP contribution is 2.38. The van der Waals surface area contributed by atoms with E-state index in [1.807, 2.05) is 6.07 Å². The van der Waals surface area contributed by atoms with Gasteiger partial charge in [-0.1, -0.05) is 6.42 Å². The maximum absolute atomic E-state index is 13.8. The summed E-state index contributed by atoms with van der Waals surface area (Å²) in [6, 6.07) is 8.89. The zero-order chi connectivity index (χ0) is 17.4. The maximum atomic E-state index is 13.8. The van der Waals surface area contributed by atoms with Crippen LogP contribution in [-0.2, 0) is 0 Å². The molecular formula is C20H22FN3O. The third-order valence-corrected chi connectivity index (χ3v) is 5.16. The van der Waals surface area contributed by atoms with Crippen LogP contribution in [0.4, 0.5) is 4.39 Å². The van der Waals surface area contributed by atoms with Crippen molar-refractivity contribution in [2.45, 2.75) is 37.6 Å². The molecule has 2 aromatic heterocycles. The fraction of sp³-hybridized carbons (Fsp3) is 0.350. The Bertz CT molecular complexity index is 905. The van der Waals surface area contributed by atoms with Crippen molar-refractivity contribution in [3.05, 3.63) is 48.0 Å². The molecule has 3 aromatic rings. The molecule has 130 valence electrons. The summed E-state index contributed by atoms with van der Waals surface area (Å²) < 4.78 is 19.2. The zero-order valence-electron chi connectivity index (χ0n) is 14.3. The first-order valence-corrected chi connectivity index (χ1v) is 8.73. The van der Waals surface area contributed by atoms with E-state index in [0.29, 0.717) is 11.7 Å². The van der Waals surface area contributed by atoms with E-state index >= 15 is 0 Å². The van der Waals surface area contributed by atoms with E-state index in [9.17, 15) is 4.39 Å².